The molecule has 1 heterocycles. The first-order chi connectivity index (χ1) is 9.06. The zero-order chi connectivity index (χ0) is 13.8. The van der Waals surface area contributed by atoms with E-state index in [1.54, 1.807) is 0 Å². The largest absolute Gasteiger partial charge is 0.481 e. The highest BCUT2D eigenvalue weighted by Gasteiger charge is 2.15. The molecule has 2 N–H and O–H groups in total. The van der Waals surface area contributed by atoms with Gasteiger partial charge in [-0.3, -0.25) is 4.79 Å². The predicted molar refractivity (Wildman–Crippen MR) is 70.4 cm³/mol. The van der Waals surface area contributed by atoms with Gasteiger partial charge in [0.25, 0.3) is 0 Å². The van der Waals surface area contributed by atoms with Crippen molar-refractivity contribution in [3.05, 3.63) is 23.3 Å². The summed E-state index contributed by atoms with van der Waals surface area (Å²) in [7, 11) is 0. The summed E-state index contributed by atoms with van der Waals surface area (Å²) in [6, 6.07) is 3.95. The Labute approximate surface area is 112 Å². The number of rotatable bonds is 6. The molecule has 5 nitrogen and oxygen atoms in total. The van der Waals surface area contributed by atoms with E-state index in [0.717, 1.165) is 22.6 Å². The number of hydrogen-bond acceptors (Lipinski definition) is 4. The van der Waals surface area contributed by atoms with Gasteiger partial charge >= 0.3 is 5.97 Å². The van der Waals surface area contributed by atoms with Crippen LogP contribution in [0.25, 0.3) is 0 Å². The Morgan fingerprint density at radius 2 is 2.11 bits per heavy atom. The number of carboxylic acid groups (broad SMARTS) is 1. The van der Waals surface area contributed by atoms with Crippen molar-refractivity contribution in [2.45, 2.75) is 26.8 Å². The molecule has 5 heteroatoms. The van der Waals surface area contributed by atoms with Crippen LogP contribution >= 0.6 is 0 Å². The summed E-state index contributed by atoms with van der Waals surface area (Å²) in [5.41, 5.74) is 2.29. The van der Waals surface area contributed by atoms with Gasteiger partial charge in [-0.2, -0.15) is 0 Å². The van der Waals surface area contributed by atoms with Gasteiger partial charge in [0.2, 0.25) is 6.79 Å². The maximum absolute atomic E-state index is 10.6. The van der Waals surface area contributed by atoms with Crippen LogP contribution in [-0.4, -0.2) is 24.4 Å². The Morgan fingerprint density at radius 3 is 2.79 bits per heavy atom. The third-order valence-electron chi connectivity index (χ3n) is 3.16. The minimum absolute atomic E-state index is 0.117. The second-order valence-corrected chi connectivity index (χ2v) is 4.97. The van der Waals surface area contributed by atoms with Gasteiger partial charge in [0.15, 0.2) is 11.5 Å². The summed E-state index contributed by atoms with van der Waals surface area (Å²) in [6.45, 7) is 5.61. The molecule has 19 heavy (non-hydrogen) atoms. The number of aliphatic carboxylic acids is 1. The fourth-order valence-electron chi connectivity index (χ4n) is 2.10. The van der Waals surface area contributed by atoms with Gasteiger partial charge in [-0.15, -0.1) is 0 Å². The molecule has 0 aromatic heterocycles. The number of hydrogen-bond donors (Lipinski definition) is 2. The van der Waals surface area contributed by atoms with Crippen molar-refractivity contribution >= 4 is 5.97 Å². The molecular weight excluding hydrogens is 246 g/mol. The van der Waals surface area contributed by atoms with E-state index in [9.17, 15) is 4.79 Å². The van der Waals surface area contributed by atoms with Crippen molar-refractivity contribution in [2.24, 2.45) is 5.92 Å². The highest BCUT2D eigenvalue weighted by Crippen LogP contribution is 2.34. The number of nitrogens with one attached hydrogen (secondary N) is 1. The summed E-state index contributed by atoms with van der Waals surface area (Å²) in [4.78, 5) is 10.6. The zero-order valence-electron chi connectivity index (χ0n) is 11.2. The highest BCUT2D eigenvalue weighted by atomic mass is 16.7. The Hall–Kier alpha value is -1.75. The fourth-order valence-corrected chi connectivity index (χ4v) is 2.10. The molecule has 1 aliphatic rings. The minimum atomic E-state index is -0.756. The van der Waals surface area contributed by atoms with Crippen molar-refractivity contribution < 1.29 is 19.4 Å². The van der Waals surface area contributed by atoms with Crippen LogP contribution in [0, 0.1) is 12.8 Å². The molecule has 104 valence electrons. The Bertz CT molecular complexity index is 473. The average molecular weight is 265 g/mol. The highest BCUT2D eigenvalue weighted by molar-refractivity contribution is 5.66. The number of carbonyl (C=O) groups is 1. The Morgan fingerprint density at radius 1 is 1.42 bits per heavy atom. The first-order valence-corrected chi connectivity index (χ1v) is 6.38. The molecular formula is C14H19NO4. The summed E-state index contributed by atoms with van der Waals surface area (Å²) >= 11 is 0. The minimum Gasteiger partial charge on any atom is -0.481 e. The summed E-state index contributed by atoms with van der Waals surface area (Å²) in [5, 5.41) is 12.0. The average Bonchev–Trinajstić information content (AvgIpc) is 2.75. The Balaban J connectivity index is 1.88. The van der Waals surface area contributed by atoms with Crippen molar-refractivity contribution in [1.82, 2.24) is 5.32 Å². The third kappa shape index (κ3) is 3.61. The van der Waals surface area contributed by atoms with E-state index < -0.39 is 5.97 Å². The molecule has 0 spiro atoms. The van der Waals surface area contributed by atoms with Gasteiger partial charge in [0.1, 0.15) is 0 Å². The van der Waals surface area contributed by atoms with Crippen LogP contribution < -0.4 is 14.8 Å². The standard InChI is InChI=1S/C14H19NO4/c1-9(3-14(16)17)6-15-7-11-5-13-12(4-10(11)2)18-8-19-13/h4-5,9,15H,3,6-8H2,1-2H3,(H,16,17). The molecule has 0 bridgehead atoms. The number of aryl methyl sites for hydroxylation is 1. The van der Waals surface area contributed by atoms with Crippen LogP contribution in [0.2, 0.25) is 0 Å². The lowest BCUT2D eigenvalue weighted by atomic mass is 10.1. The van der Waals surface area contributed by atoms with Crippen LogP contribution in [-0.2, 0) is 11.3 Å². The van der Waals surface area contributed by atoms with Crippen LogP contribution in [0.1, 0.15) is 24.5 Å². The molecule has 0 amide bonds. The van der Waals surface area contributed by atoms with E-state index >= 15 is 0 Å². The molecule has 2 rings (SSSR count). The lowest BCUT2D eigenvalue weighted by Crippen LogP contribution is -2.22. The summed E-state index contributed by atoms with van der Waals surface area (Å²) in [5.74, 6) is 0.932. The predicted octanol–water partition coefficient (Wildman–Crippen LogP) is 1.92. The smallest absolute Gasteiger partial charge is 0.303 e. The molecule has 0 saturated heterocycles. The fraction of sp³-hybridized carbons (Fsp3) is 0.500. The van der Waals surface area contributed by atoms with Gasteiger partial charge < -0.3 is 19.9 Å². The van der Waals surface area contributed by atoms with Gasteiger partial charge in [0.05, 0.1) is 0 Å². The monoisotopic (exact) mass is 265 g/mol. The summed E-state index contributed by atoms with van der Waals surface area (Å²) in [6.07, 6.45) is 0.188. The third-order valence-corrected chi connectivity index (χ3v) is 3.16. The molecule has 1 atom stereocenters. The van der Waals surface area contributed by atoms with Crippen LogP contribution in [0.5, 0.6) is 11.5 Å². The lowest BCUT2D eigenvalue weighted by Gasteiger charge is -2.12. The molecule has 1 aromatic rings. The van der Waals surface area contributed by atoms with E-state index in [2.05, 4.69) is 5.32 Å². The van der Waals surface area contributed by atoms with Gasteiger partial charge in [-0.25, -0.2) is 0 Å². The molecule has 0 saturated carbocycles. The van der Waals surface area contributed by atoms with Gasteiger partial charge in [0, 0.05) is 13.0 Å². The first-order valence-electron chi connectivity index (χ1n) is 6.38. The van der Waals surface area contributed by atoms with E-state index in [1.807, 2.05) is 26.0 Å². The SMILES string of the molecule is Cc1cc2c(cc1CNCC(C)CC(=O)O)OCO2. The zero-order valence-corrected chi connectivity index (χ0v) is 11.2. The van der Waals surface area contributed by atoms with Gasteiger partial charge in [-0.1, -0.05) is 6.92 Å². The molecule has 1 aromatic carbocycles. The molecule has 0 aliphatic carbocycles. The topological polar surface area (TPSA) is 67.8 Å². The van der Waals surface area contributed by atoms with E-state index in [-0.39, 0.29) is 19.1 Å². The number of ether oxygens (including phenoxy) is 2. The van der Waals surface area contributed by atoms with Crippen LogP contribution in [0.4, 0.5) is 0 Å². The summed E-state index contributed by atoms with van der Waals surface area (Å²) < 4.78 is 10.7. The molecule has 0 fully saturated rings. The van der Waals surface area contributed by atoms with E-state index in [4.69, 9.17) is 14.6 Å². The van der Waals surface area contributed by atoms with E-state index in [1.165, 1.54) is 0 Å². The van der Waals surface area contributed by atoms with E-state index in [0.29, 0.717) is 13.1 Å². The quantitative estimate of drug-likeness (QED) is 0.822. The molecule has 1 aliphatic heterocycles. The van der Waals surface area contributed by atoms with Crippen molar-refractivity contribution in [2.75, 3.05) is 13.3 Å². The van der Waals surface area contributed by atoms with Crippen molar-refractivity contribution in [3.8, 4) is 11.5 Å². The Kier molecular flexibility index (Phi) is 4.27. The molecule has 0 radical (unpaired) electrons. The second kappa shape index (κ2) is 5.93. The van der Waals surface area contributed by atoms with Crippen LogP contribution in [0.15, 0.2) is 12.1 Å². The van der Waals surface area contributed by atoms with Gasteiger partial charge in [-0.05, 0) is 42.6 Å². The number of benzene rings is 1. The maximum atomic E-state index is 10.6. The maximum Gasteiger partial charge on any atom is 0.303 e. The second-order valence-electron chi connectivity index (χ2n) is 4.97. The first kappa shape index (κ1) is 13.7. The molecule has 1 unspecified atom stereocenters. The van der Waals surface area contributed by atoms with Crippen LogP contribution in [0.3, 0.4) is 0 Å². The van der Waals surface area contributed by atoms with Crippen molar-refractivity contribution in [3.63, 3.8) is 0 Å². The number of fused-ring (bicyclic) bond motifs is 1. The number of carboxylic acids is 1. The normalized spacial score (nSPS) is 14.4. The lowest BCUT2D eigenvalue weighted by molar-refractivity contribution is -0.137. The van der Waals surface area contributed by atoms with Crippen molar-refractivity contribution in [1.29, 1.82) is 0 Å².